The van der Waals surface area contributed by atoms with Crippen molar-refractivity contribution in [3.05, 3.63) is 35.8 Å². The van der Waals surface area contributed by atoms with Crippen LogP contribution in [0.2, 0.25) is 0 Å². The number of likely N-dealkylation sites (tertiary alicyclic amines) is 1. The lowest BCUT2D eigenvalue weighted by molar-refractivity contribution is 0.195. The van der Waals surface area contributed by atoms with E-state index in [9.17, 15) is 0 Å². The fourth-order valence-corrected chi connectivity index (χ4v) is 3.95. The van der Waals surface area contributed by atoms with Gasteiger partial charge in [0.2, 0.25) is 0 Å². The van der Waals surface area contributed by atoms with E-state index in [0.717, 1.165) is 23.4 Å². The van der Waals surface area contributed by atoms with E-state index in [4.69, 9.17) is 4.98 Å². The van der Waals surface area contributed by atoms with Crippen LogP contribution in [0.25, 0.3) is 21.9 Å². The van der Waals surface area contributed by atoms with Crippen molar-refractivity contribution < 1.29 is 0 Å². The van der Waals surface area contributed by atoms with Crippen LogP contribution >= 0.6 is 0 Å². The van der Waals surface area contributed by atoms with Crippen LogP contribution in [0.15, 0.2) is 24.4 Å². The molecule has 4 rings (SSSR count). The topological polar surface area (TPSA) is 34.0 Å². The standard InChI is InChI=1S/C19H24N4.C2H6/c1-13-6-7-17-16(9-13)19-18(10-20-17)21-14(2)23(19)12-15-5-4-8-22(3)11-15;1-2/h6-7,9-10,15H,4-5,8,11-12H2,1-3H3;1-2H3/t15-;/m0./s1. The summed E-state index contributed by atoms with van der Waals surface area (Å²) in [5, 5.41) is 1.23. The fourth-order valence-electron chi connectivity index (χ4n) is 3.95. The number of fused-ring (bicyclic) bond motifs is 3. The molecule has 0 amide bonds. The molecular weight excluding hydrogens is 308 g/mol. The van der Waals surface area contributed by atoms with Gasteiger partial charge in [-0.3, -0.25) is 4.98 Å². The highest BCUT2D eigenvalue weighted by molar-refractivity contribution is 6.02. The van der Waals surface area contributed by atoms with Crippen LogP contribution in [0.3, 0.4) is 0 Å². The summed E-state index contributed by atoms with van der Waals surface area (Å²) in [4.78, 5) is 11.8. The summed E-state index contributed by atoms with van der Waals surface area (Å²) < 4.78 is 2.42. The van der Waals surface area contributed by atoms with Crippen molar-refractivity contribution in [2.24, 2.45) is 5.92 Å². The molecule has 0 saturated carbocycles. The van der Waals surface area contributed by atoms with Gasteiger partial charge in [-0.1, -0.05) is 25.5 Å². The SMILES string of the molecule is CC.Cc1ccc2ncc3nc(C)n(C[C@H]4CCCN(C)C4)c3c2c1. The van der Waals surface area contributed by atoms with Gasteiger partial charge in [-0.05, 0) is 58.3 Å². The van der Waals surface area contributed by atoms with Gasteiger partial charge in [0.25, 0.3) is 0 Å². The largest absolute Gasteiger partial charge is 0.327 e. The van der Waals surface area contributed by atoms with Crippen LogP contribution < -0.4 is 0 Å². The van der Waals surface area contributed by atoms with E-state index in [1.165, 1.54) is 42.4 Å². The van der Waals surface area contributed by atoms with Crippen LogP contribution in [-0.4, -0.2) is 39.6 Å². The van der Waals surface area contributed by atoms with Crippen LogP contribution in [0, 0.1) is 19.8 Å². The van der Waals surface area contributed by atoms with E-state index in [1.807, 2.05) is 20.0 Å². The Balaban J connectivity index is 0.000000880. The van der Waals surface area contributed by atoms with Gasteiger partial charge in [-0.15, -0.1) is 0 Å². The molecule has 4 heteroatoms. The summed E-state index contributed by atoms with van der Waals surface area (Å²) in [6, 6.07) is 6.49. The Morgan fingerprint density at radius 1 is 1.16 bits per heavy atom. The molecule has 3 heterocycles. The third-order valence-electron chi connectivity index (χ3n) is 5.08. The Kier molecular flexibility index (Phi) is 5.38. The molecule has 1 aliphatic rings. The zero-order valence-electron chi connectivity index (χ0n) is 16.2. The number of aryl methyl sites for hydroxylation is 2. The zero-order chi connectivity index (χ0) is 18.0. The molecule has 0 bridgehead atoms. The number of imidazole rings is 1. The molecule has 0 radical (unpaired) electrons. The van der Waals surface area contributed by atoms with Gasteiger partial charge in [0.1, 0.15) is 11.3 Å². The number of hydrogen-bond donors (Lipinski definition) is 0. The third kappa shape index (κ3) is 3.54. The zero-order valence-corrected chi connectivity index (χ0v) is 16.2. The van der Waals surface area contributed by atoms with Crippen LogP contribution in [-0.2, 0) is 6.54 Å². The molecule has 0 unspecified atom stereocenters. The number of aromatic nitrogens is 3. The van der Waals surface area contributed by atoms with Gasteiger partial charge in [0.15, 0.2) is 0 Å². The number of hydrogen-bond acceptors (Lipinski definition) is 3. The first-order chi connectivity index (χ1) is 12.1. The molecule has 0 spiro atoms. The predicted octanol–water partition coefficient (Wildman–Crippen LogP) is 4.57. The smallest absolute Gasteiger partial charge is 0.108 e. The summed E-state index contributed by atoms with van der Waals surface area (Å²) in [5.74, 6) is 1.81. The van der Waals surface area contributed by atoms with Crippen molar-refractivity contribution in [2.75, 3.05) is 20.1 Å². The lowest BCUT2D eigenvalue weighted by Gasteiger charge is -2.30. The lowest BCUT2D eigenvalue weighted by Crippen LogP contribution is -2.34. The minimum absolute atomic E-state index is 0.706. The molecule has 1 atom stereocenters. The van der Waals surface area contributed by atoms with E-state index in [0.29, 0.717) is 5.92 Å². The normalized spacial score (nSPS) is 18.4. The molecule has 1 aliphatic heterocycles. The van der Waals surface area contributed by atoms with Crippen molar-refractivity contribution in [3.8, 4) is 0 Å². The Bertz CT molecular complexity index is 865. The van der Waals surface area contributed by atoms with Gasteiger partial charge in [-0.2, -0.15) is 0 Å². The molecule has 1 saturated heterocycles. The molecule has 1 fully saturated rings. The Morgan fingerprint density at radius 2 is 1.96 bits per heavy atom. The quantitative estimate of drug-likeness (QED) is 0.686. The highest BCUT2D eigenvalue weighted by Crippen LogP contribution is 2.27. The second-order valence-electron chi connectivity index (χ2n) is 7.05. The van der Waals surface area contributed by atoms with Gasteiger partial charge >= 0.3 is 0 Å². The summed E-state index contributed by atoms with van der Waals surface area (Å²) in [5.41, 5.74) is 4.61. The second-order valence-corrected chi connectivity index (χ2v) is 7.05. The minimum atomic E-state index is 0.706. The summed E-state index contributed by atoms with van der Waals surface area (Å²) in [6.07, 6.45) is 4.53. The highest BCUT2D eigenvalue weighted by atomic mass is 15.1. The van der Waals surface area contributed by atoms with Crippen LogP contribution in [0.1, 0.15) is 38.1 Å². The van der Waals surface area contributed by atoms with Gasteiger partial charge in [-0.25, -0.2) is 4.98 Å². The number of piperidine rings is 1. The van der Waals surface area contributed by atoms with Crippen molar-refractivity contribution in [1.29, 1.82) is 0 Å². The Hall–Kier alpha value is -1.94. The van der Waals surface area contributed by atoms with Crippen molar-refractivity contribution in [1.82, 2.24) is 19.4 Å². The van der Waals surface area contributed by atoms with Crippen LogP contribution in [0.5, 0.6) is 0 Å². The second kappa shape index (κ2) is 7.52. The average Bonchev–Trinajstić information content (AvgIpc) is 2.93. The first kappa shape index (κ1) is 17.9. The third-order valence-corrected chi connectivity index (χ3v) is 5.08. The number of rotatable bonds is 2. The molecule has 1 aromatic carbocycles. The molecule has 25 heavy (non-hydrogen) atoms. The maximum Gasteiger partial charge on any atom is 0.108 e. The number of pyridine rings is 1. The van der Waals surface area contributed by atoms with Gasteiger partial charge < -0.3 is 9.47 Å². The van der Waals surface area contributed by atoms with Crippen molar-refractivity contribution in [2.45, 2.75) is 47.1 Å². The molecule has 0 N–H and O–H groups in total. The predicted molar refractivity (Wildman–Crippen MR) is 106 cm³/mol. The molecule has 3 aromatic rings. The van der Waals surface area contributed by atoms with Gasteiger partial charge in [0.05, 0.1) is 17.2 Å². The molecular formula is C21H30N4. The fraction of sp³-hybridized carbons (Fsp3) is 0.524. The van der Waals surface area contributed by atoms with Crippen molar-refractivity contribution >= 4 is 21.9 Å². The maximum absolute atomic E-state index is 4.76. The summed E-state index contributed by atoms with van der Waals surface area (Å²) in [7, 11) is 2.23. The van der Waals surface area contributed by atoms with E-state index >= 15 is 0 Å². The van der Waals surface area contributed by atoms with E-state index in [-0.39, 0.29) is 0 Å². The highest BCUT2D eigenvalue weighted by Gasteiger charge is 2.20. The van der Waals surface area contributed by atoms with E-state index < -0.39 is 0 Å². The monoisotopic (exact) mass is 338 g/mol. The number of nitrogens with zero attached hydrogens (tertiary/aromatic N) is 4. The van der Waals surface area contributed by atoms with Crippen molar-refractivity contribution in [3.63, 3.8) is 0 Å². The molecule has 134 valence electrons. The average molecular weight is 338 g/mol. The Morgan fingerprint density at radius 3 is 2.72 bits per heavy atom. The maximum atomic E-state index is 4.76. The summed E-state index contributed by atoms with van der Waals surface area (Å²) >= 11 is 0. The lowest BCUT2D eigenvalue weighted by atomic mass is 9.98. The number of benzene rings is 1. The molecule has 4 nitrogen and oxygen atoms in total. The van der Waals surface area contributed by atoms with E-state index in [2.05, 4.69) is 53.5 Å². The minimum Gasteiger partial charge on any atom is -0.327 e. The first-order valence-corrected chi connectivity index (χ1v) is 9.52. The van der Waals surface area contributed by atoms with Gasteiger partial charge in [0, 0.05) is 18.5 Å². The van der Waals surface area contributed by atoms with Crippen LogP contribution in [0.4, 0.5) is 0 Å². The van der Waals surface area contributed by atoms with E-state index in [1.54, 1.807) is 0 Å². The molecule has 0 aliphatic carbocycles. The first-order valence-electron chi connectivity index (χ1n) is 9.52. The Labute approximate surface area is 150 Å². The summed E-state index contributed by atoms with van der Waals surface area (Å²) in [6.45, 7) is 11.7. The molecule has 2 aromatic heterocycles.